The molecule has 3 rings (SSSR count). The fourth-order valence-electron chi connectivity index (χ4n) is 2.50. The predicted octanol–water partition coefficient (Wildman–Crippen LogP) is 5.52. The lowest BCUT2D eigenvalue weighted by atomic mass is 10.1. The lowest BCUT2D eigenvalue weighted by molar-refractivity contribution is 0.0921. The molecule has 0 aliphatic rings. The van der Waals surface area contributed by atoms with E-state index in [4.69, 9.17) is 32.7 Å². The normalized spacial score (nSPS) is 10.3. The van der Waals surface area contributed by atoms with Crippen LogP contribution in [0.25, 0.3) is 0 Å². The number of carbonyl (C=O) groups excluding carboxylic acids is 2. The number of hydrogen-bond acceptors (Lipinski definition) is 4. The monoisotopic (exact) mass is 429 g/mol. The van der Waals surface area contributed by atoms with Gasteiger partial charge >= 0.3 is 0 Å². The number of amides is 1. The molecule has 0 atom stereocenters. The Morgan fingerprint density at radius 1 is 0.862 bits per heavy atom. The number of anilines is 1. The number of nitrogens with one attached hydrogen (secondary N) is 1. The molecule has 0 heterocycles. The molecule has 0 unspecified atom stereocenters. The van der Waals surface area contributed by atoms with Gasteiger partial charge in [-0.1, -0.05) is 35.3 Å². The highest BCUT2D eigenvalue weighted by atomic mass is 35.5. The second-order valence-electron chi connectivity index (χ2n) is 6.05. The van der Waals surface area contributed by atoms with Crippen molar-refractivity contribution < 1.29 is 19.1 Å². The van der Waals surface area contributed by atoms with E-state index in [-0.39, 0.29) is 18.3 Å². The molecule has 0 radical (unpaired) electrons. The quantitative estimate of drug-likeness (QED) is 0.502. The smallest absolute Gasteiger partial charge is 0.255 e. The van der Waals surface area contributed by atoms with E-state index in [0.29, 0.717) is 38.4 Å². The first-order valence-electron chi connectivity index (χ1n) is 8.63. The fourth-order valence-corrected chi connectivity index (χ4v) is 2.80. The minimum absolute atomic E-state index is 0.109. The van der Waals surface area contributed by atoms with Crippen LogP contribution in [0.3, 0.4) is 0 Å². The molecule has 0 aromatic heterocycles. The van der Waals surface area contributed by atoms with E-state index in [2.05, 4.69) is 5.32 Å². The Kier molecular flexibility index (Phi) is 6.75. The highest BCUT2D eigenvalue weighted by Crippen LogP contribution is 2.23. The van der Waals surface area contributed by atoms with E-state index < -0.39 is 0 Å². The Morgan fingerprint density at radius 3 is 2.31 bits per heavy atom. The Labute approximate surface area is 178 Å². The molecule has 5 nitrogen and oxygen atoms in total. The number of ether oxygens (including phenoxy) is 2. The Balaban J connectivity index is 1.57. The summed E-state index contributed by atoms with van der Waals surface area (Å²) in [7, 11) is 1.54. The van der Waals surface area contributed by atoms with E-state index >= 15 is 0 Å². The van der Waals surface area contributed by atoms with Gasteiger partial charge in [0.25, 0.3) is 5.91 Å². The summed E-state index contributed by atoms with van der Waals surface area (Å²) >= 11 is 11.8. The van der Waals surface area contributed by atoms with Crippen LogP contribution >= 0.6 is 23.2 Å². The third kappa shape index (κ3) is 5.50. The molecule has 0 aliphatic heterocycles. The largest absolute Gasteiger partial charge is 0.497 e. The number of Topliss-reactive ketones (excluding diaryl/α,β-unsaturated/α-hetero) is 1. The van der Waals surface area contributed by atoms with E-state index in [1.54, 1.807) is 67.8 Å². The van der Waals surface area contributed by atoms with E-state index in [0.717, 1.165) is 0 Å². The third-order valence-corrected chi connectivity index (χ3v) is 4.79. The van der Waals surface area contributed by atoms with Crippen molar-refractivity contribution >= 4 is 40.6 Å². The van der Waals surface area contributed by atoms with Gasteiger partial charge in [-0.05, 0) is 54.6 Å². The summed E-state index contributed by atoms with van der Waals surface area (Å²) in [5.74, 6) is 0.637. The number of carbonyl (C=O) groups is 2. The highest BCUT2D eigenvalue weighted by molar-refractivity contribution is 6.42. The van der Waals surface area contributed by atoms with Gasteiger partial charge in [0.15, 0.2) is 12.4 Å². The van der Waals surface area contributed by atoms with E-state index in [1.165, 1.54) is 6.07 Å². The first-order chi connectivity index (χ1) is 14.0. The van der Waals surface area contributed by atoms with Crippen molar-refractivity contribution in [2.24, 2.45) is 0 Å². The lowest BCUT2D eigenvalue weighted by Crippen LogP contribution is -2.12. The number of rotatable bonds is 7. The standard InChI is InChI=1S/C22H17Cl2NO4/c1-28-18-4-2-3-14(11-18)21(26)13-29-17-8-6-16(7-9-17)25-22(27)15-5-10-19(23)20(24)12-15/h2-12H,13H2,1H3,(H,25,27). The van der Waals surface area contributed by atoms with Gasteiger partial charge in [-0.15, -0.1) is 0 Å². The minimum atomic E-state index is -0.314. The zero-order valence-electron chi connectivity index (χ0n) is 15.4. The lowest BCUT2D eigenvalue weighted by Gasteiger charge is -2.09. The molecule has 1 N–H and O–H groups in total. The van der Waals surface area contributed by atoms with Crippen LogP contribution in [0, 0.1) is 0 Å². The number of hydrogen-bond donors (Lipinski definition) is 1. The number of benzene rings is 3. The van der Waals surface area contributed by atoms with Crippen LogP contribution in [0.1, 0.15) is 20.7 Å². The van der Waals surface area contributed by atoms with Crippen molar-refractivity contribution in [2.45, 2.75) is 0 Å². The summed E-state index contributed by atoms with van der Waals surface area (Å²) < 4.78 is 10.6. The van der Waals surface area contributed by atoms with Crippen molar-refractivity contribution in [1.82, 2.24) is 0 Å². The van der Waals surface area contributed by atoms with Gasteiger partial charge in [0.05, 0.1) is 17.2 Å². The van der Waals surface area contributed by atoms with Crippen molar-refractivity contribution in [1.29, 1.82) is 0 Å². The highest BCUT2D eigenvalue weighted by Gasteiger charge is 2.10. The zero-order chi connectivity index (χ0) is 20.8. The third-order valence-electron chi connectivity index (χ3n) is 4.06. The van der Waals surface area contributed by atoms with Gasteiger partial charge in [-0.2, -0.15) is 0 Å². The molecular formula is C22H17Cl2NO4. The SMILES string of the molecule is COc1cccc(C(=O)COc2ccc(NC(=O)c3ccc(Cl)c(Cl)c3)cc2)c1. The molecule has 3 aromatic rings. The molecule has 0 bridgehead atoms. The summed E-state index contributed by atoms with van der Waals surface area (Å²) in [5.41, 5.74) is 1.48. The molecule has 1 amide bonds. The van der Waals surface area contributed by atoms with Crippen LogP contribution in [0.2, 0.25) is 10.0 Å². The molecule has 0 saturated carbocycles. The Morgan fingerprint density at radius 2 is 1.62 bits per heavy atom. The topological polar surface area (TPSA) is 64.6 Å². The molecule has 148 valence electrons. The van der Waals surface area contributed by atoms with Gasteiger partial charge in [-0.25, -0.2) is 0 Å². The van der Waals surface area contributed by atoms with Crippen molar-refractivity contribution in [3.8, 4) is 11.5 Å². The Hall–Kier alpha value is -3.02. The van der Waals surface area contributed by atoms with Crippen LogP contribution in [0.15, 0.2) is 66.7 Å². The van der Waals surface area contributed by atoms with Gasteiger partial charge in [0, 0.05) is 16.8 Å². The van der Waals surface area contributed by atoms with Gasteiger partial charge < -0.3 is 14.8 Å². The maximum absolute atomic E-state index is 12.3. The molecule has 29 heavy (non-hydrogen) atoms. The van der Waals surface area contributed by atoms with Crippen molar-refractivity contribution in [3.05, 3.63) is 87.9 Å². The van der Waals surface area contributed by atoms with Gasteiger partial charge in [-0.3, -0.25) is 9.59 Å². The first-order valence-corrected chi connectivity index (χ1v) is 9.38. The van der Waals surface area contributed by atoms with Crippen molar-refractivity contribution in [3.63, 3.8) is 0 Å². The average molecular weight is 430 g/mol. The average Bonchev–Trinajstić information content (AvgIpc) is 2.75. The molecule has 7 heteroatoms. The second kappa shape index (κ2) is 9.45. The molecule has 0 fully saturated rings. The molecule has 0 saturated heterocycles. The summed E-state index contributed by atoms with van der Waals surface area (Å²) in [6.07, 6.45) is 0. The molecule has 0 spiro atoms. The fraction of sp³-hybridized carbons (Fsp3) is 0.0909. The van der Waals surface area contributed by atoms with E-state index in [1.807, 2.05) is 0 Å². The van der Waals surface area contributed by atoms with Crippen molar-refractivity contribution in [2.75, 3.05) is 19.0 Å². The summed E-state index contributed by atoms with van der Waals surface area (Å²) in [6.45, 7) is -0.109. The van der Waals surface area contributed by atoms with Gasteiger partial charge in [0.1, 0.15) is 11.5 Å². The maximum atomic E-state index is 12.3. The minimum Gasteiger partial charge on any atom is -0.497 e. The summed E-state index contributed by atoms with van der Waals surface area (Å²) in [6, 6.07) is 18.2. The van der Waals surface area contributed by atoms with Crippen LogP contribution in [-0.4, -0.2) is 25.4 Å². The maximum Gasteiger partial charge on any atom is 0.255 e. The first kappa shape index (κ1) is 20.7. The number of methoxy groups -OCH3 is 1. The van der Waals surface area contributed by atoms with Crippen LogP contribution < -0.4 is 14.8 Å². The number of halogens is 2. The van der Waals surface area contributed by atoms with Gasteiger partial charge in [0.2, 0.25) is 0 Å². The summed E-state index contributed by atoms with van der Waals surface area (Å²) in [4.78, 5) is 24.5. The van der Waals surface area contributed by atoms with Crippen LogP contribution in [0.5, 0.6) is 11.5 Å². The molecule has 0 aliphatic carbocycles. The molecular weight excluding hydrogens is 413 g/mol. The van der Waals surface area contributed by atoms with E-state index in [9.17, 15) is 9.59 Å². The van der Waals surface area contributed by atoms with Crippen LogP contribution in [0.4, 0.5) is 5.69 Å². The Bertz CT molecular complexity index is 1040. The summed E-state index contributed by atoms with van der Waals surface area (Å²) in [5, 5.41) is 3.45. The predicted molar refractivity (Wildman–Crippen MR) is 114 cm³/mol. The molecule has 3 aromatic carbocycles. The second-order valence-corrected chi connectivity index (χ2v) is 6.87. The van der Waals surface area contributed by atoms with Crippen LogP contribution in [-0.2, 0) is 0 Å². The number of ketones is 1. The zero-order valence-corrected chi connectivity index (χ0v) is 17.0.